The van der Waals surface area contributed by atoms with Crippen molar-refractivity contribution in [3.05, 3.63) is 5.01 Å². The summed E-state index contributed by atoms with van der Waals surface area (Å²) in [7, 11) is 0. The summed E-state index contributed by atoms with van der Waals surface area (Å²) >= 11 is 1.46. The number of rotatable bonds is 6. The number of aliphatic hydroxyl groups is 1. The van der Waals surface area contributed by atoms with Crippen molar-refractivity contribution in [2.45, 2.75) is 45.4 Å². The largest absolute Gasteiger partial charge is 0.396 e. The minimum absolute atomic E-state index is 0.109. The molecule has 2 N–H and O–H groups in total. The lowest BCUT2D eigenvalue weighted by Crippen LogP contribution is -2.41. The minimum atomic E-state index is -0.109. The van der Waals surface area contributed by atoms with Gasteiger partial charge in [0, 0.05) is 26.1 Å². The number of carbonyl (C=O) groups is 1. The Kier molecular flexibility index (Phi) is 6.38. The van der Waals surface area contributed by atoms with Crippen molar-refractivity contribution in [1.29, 1.82) is 0 Å². The number of piperidine rings is 1. The highest BCUT2D eigenvalue weighted by molar-refractivity contribution is 7.15. The summed E-state index contributed by atoms with van der Waals surface area (Å²) in [5, 5.41) is 21.6. The van der Waals surface area contributed by atoms with Gasteiger partial charge in [0.05, 0.1) is 0 Å². The first-order valence-electron chi connectivity index (χ1n) is 7.72. The first-order valence-corrected chi connectivity index (χ1v) is 8.53. The zero-order valence-corrected chi connectivity index (χ0v) is 13.4. The Morgan fingerprint density at radius 3 is 2.81 bits per heavy atom. The molecule has 2 rings (SSSR count). The van der Waals surface area contributed by atoms with Gasteiger partial charge < -0.3 is 10.0 Å². The zero-order chi connectivity index (χ0) is 15.1. The quantitative estimate of drug-likeness (QED) is 0.791. The van der Waals surface area contributed by atoms with Gasteiger partial charge in [-0.05, 0) is 25.2 Å². The van der Waals surface area contributed by atoms with E-state index in [-0.39, 0.29) is 12.6 Å². The summed E-state index contributed by atoms with van der Waals surface area (Å²) in [5.41, 5.74) is 0. The van der Waals surface area contributed by atoms with E-state index in [2.05, 4.69) is 22.4 Å². The van der Waals surface area contributed by atoms with Gasteiger partial charge in [-0.25, -0.2) is 4.79 Å². The number of urea groups is 1. The Hall–Kier alpha value is -1.21. The number of hydrogen-bond donors (Lipinski definition) is 2. The molecule has 0 atom stereocenters. The standard InChI is InChI=1S/C14H24N4O2S/c1-2-3-4-5-12-16-17-13(21-12)15-14(20)18-8-6-11(10-19)7-9-18/h11,19H,2-10H2,1H3,(H,15,17,20). The molecule has 0 aromatic carbocycles. The third kappa shape index (κ3) is 4.93. The highest BCUT2D eigenvalue weighted by Gasteiger charge is 2.22. The molecule has 0 spiro atoms. The number of amides is 2. The predicted molar refractivity (Wildman–Crippen MR) is 83.5 cm³/mol. The molecule has 118 valence electrons. The smallest absolute Gasteiger partial charge is 0.323 e. The van der Waals surface area contributed by atoms with Gasteiger partial charge in [-0.3, -0.25) is 5.32 Å². The van der Waals surface area contributed by atoms with E-state index >= 15 is 0 Å². The third-order valence-electron chi connectivity index (χ3n) is 3.83. The molecule has 1 aromatic rings. The first kappa shape index (κ1) is 16.2. The molecule has 0 saturated carbocycles. The highest BCUT2D eigenvalue weighted by Crippen LogP contribution is 2.20. The Balaban J connectivity index is 1.77. The van der Waals surface area contributed by atoms with Crippen molar-refractivity contribution in [1.82, 2.24) is 15.1 Å². The normalized spacial score (nSPS) is 16.2. The van der Waals surface area contributed by atoms with E-state index in [9.17, 15) is 4.79 Å². The van der Waals surface area contributed by atoms with Crippen LogP contribution in [0, 0.1) is 5.92 Å². The molecular weight excluding hydrogens is 288 g/mol. The minimum Gasteiger partial charge on any atom is -0.396 e. The number of aryl methyl sites for hydroxylation is 1. The topological polar surface area (TPSA) is 78.4 Å². The van der Waals surface area contributed by atoms with Crippen molar-refractivity contribution >= 4 is 22.5 Å². The first-order chi connectivity index (χ1) is 10.2. The summed E-state index contributed by atoms with van der Waals surface area (Å²) in [6.45, 7) is 3.77. The zero-order valence-electron chi connectivity index (χ0n) is 12.5. The van der Waals surface area contributed by atoms with Crippen LogP contribution in [0.3, 0.4) is 0 Å². The fraction of sp³-hybridized carbons (Fsp3) is 0.786. The lowest BCUT2D eigenvalue weighted by Gasteiger charge is -2.30. The number of aliphatic hydroxyl groups excluding tert-OH is 1. The third-order valence-corrected chi connectivity index (χ3v) is 4.73. The van der Waals surface area contributed by atoms with Crippen LogP contribution in [-0.4, -0.2) is 45.9 Å². The Bertz CT molecular complexity index is 444. The number of aromatic nitrogens is 2. The molecule has 1 aliphatic rings. The van der Waals surface area contributed by atoms with Crippen LogP contribution in [0.5, 0.6) is 0 Å². The van der Waals surface area contributed by atoms with Gasteiger partial charge in [-0.15, -0.1) is 10.2 Å². The average molecular weight is 312 g/mol. The second kappa shape index (κ2) is 8.29. The molecule has 0 bridgehead atoms. The number of nitrogens with one attached hydrogen (secondary N) is 1. The van der Waals surface area contributed by atoms with Crippen molar-refractivity contribution < 1.29 is 9.90 Å². The van der Waals surface area contributed by atoms with Crippen LogP contribution in [0.15, 0.2) is 0 Å². The molecular formula is C14H24N4O2S. The van der Waals surface area contributed by atoms with Crippen LogP contribution < -0.4 is 5.32 Å². The van der Waals surface area contributed by atoms with Gasteiger partial charge >= 0.3 is 6.03 Å². The van der Waals surface area contributed by atoms with Crippen LogP contribution in [-0.2, 0) is 6.42 Å². The molecule has 6 nitrogen and oxygen atoms in total. The Morgan fingerprint density at radius 1 is 1.38 bits per heavy atom. The Morgan fingerprint density at radius 2 is 2.14 bits per heavy atom. The van der Waals surface area contributed by atoms with Gasteiger partial charge in [0.1, 0.15) is 5.01 Å². The summed E-state index contributed by atoms with van der Waals surface area (Å²) in [6.07, 6.45) is 6.16. The Labute approximate surface area is 129 Å². The van der Waals surface area contributed by atoms with E-state index in [0.29, 0.717) is 24.1 Å². The number of unbranched alkanes of at least 4 members (excludes halogenated alkanes) is 2. The van der Waals surface area contributed by atoms with E-state index in [1.807, 2.05) is 0 Å². The molecule has 0 unspecified atom stereocenters. The lowest BCUT2D eigenvalue weighted by molar-refractivity contribution is 0.143. The van der Waals surface area contributed by atoms with Crippen molar-refractivity contribution in [3.8, 4) is 0 Å². The maximum absolute atomic E-state index is 12.1. The molecule has 7 heteroatoms. The fourth-order valence-corrected chi connectivity index (χ4v) is 3.19. The summed E-state index contributed by atoms with van der Waals surface area (Å²) in [5.74, 6) is 0.334. The van der Waals surface area contributed by atoms with E-state index < -0.39 is 0 Å². The average Bonchev–Trinajstić information content (AvgIpc) is 2.95. The van der Waals surface area contributed by atoms with Crippen LogP contribution in [0.2, 0.25) is 0 Å². The number of likely N-dealkylation sites (tertiary alicyclic amines) is 1. The van der Waals surface area contributed by atoms with Crippen LogP contribution >= 0.6 is 11.3 Å². The second-order valence-corrected chi connectivity index (χ2v) is 6.56. The lowest BCUT2D eigenvalue weighted by atomic mass is 9.98. The SMILES string of the molecule is CCCCCc1nnc(NC(=O)N2CCC(CO)CC2)s1. The highest BCUT2D eigenvalue weighted by atomic mass is 32.1. The molecule has 0 radical (unpaired) electrons. The van der Waals surface area contributed by atoms with Crippen LogP contribution in [0.25, 0.3) is 0 Å². The molecule has 2 amide bonds. The predicted octanol–water partition coefficient (Wildman–Crippen LogP) is 2.51. The molecule has 1 aromatic heterocycles. The molecule has 1 saturated heterocycles. The van der Waals surface area contributed by atoms with Gasteiger partial charge in [0.15, 0.2) is 0 Å². The van der Waals surface area contributed by atoms with Gasteiger partial charge in [-0.1, -0.05) is 31.1 Å². The second-order valence-electron chi connectivity index (χ2n) is 5.50. The summed E-state index contributed by atoms with van der Waals surface area (Å²) in [4.78, 5) is 13.9. The number of hydrogen-bond acceptors (Lipinski definition) is 5. The van der Waals surface area contributed by atoms with E-state index in [4.69, 9.17) is 5.11 Å². The molecule has 0 aliphatic carbocycles. The van der Waals surface area contributed by atoms with Crippen molar-refractivity contribution in [2.75, 3.05) is 25.0 Å². The van der Waals surface area contributed by atoms with Crippen molar-refractivity contribution in [3.63, 3.8) is 0 Å². The van der Waals surface area contributed by atoms with Gasteiger partial charge in [0.2, 0.25) is 5.13 Å². The molecule has 1 aliphatic heterocycles. The molecule has 1 fully saturated rings. The number of carbonyl (C=O) groups excluding carboxylic acids is 1. The fourth-order valence-electron chi connectivity index (χ4n) is 2.42. The van der Waals surface area contributed by atoms with E-state index in [1.165, 1.54) is 24.2 Å². The van der Waals surface area contributed by atoms with E-state index in [1.54, 1.807) is 4.90 Å². The monoisotopic (exact) mass is 312 g/mol. The van der Waals surface area contributed by atoms with Crippen LogP contribution in [0.1, 0.15) is 44.0 Å². The van der Waals surface area contributed by atoms with Gasteiger partial charge in [0.25, 0.3) is 0 Å². The van der Waals surface area contributed by atoms with E-state index in [0.717, 1.165) is 30.7 Å². The molecule has 2 heterocycles. The summed E-state index contributed by atoms with van der Waals surface area (Å²) in [6, 6.07) is -0.109. The maximum Gasteiger partial charge on any atom is 0.323 e. The number of nitrogens with zero attached hydrogens (tertiary/aromatic N) is 3. The van der Waals surface area contributed by atoms with Gasteiger partial charge in [-0.2, -0.15) is 0 Å². The van der Waals surface area contributed by atoms with Crippen LogP contribution in [0.4, 0.5) is 9.93 Å². The molecule has 21 heavy (non-hydrogen) atoms. The number of anilines is 1. The summed E-state index contributed by atoms with van der Waals surface area (Å²) < 4.78 is 0. The van der Waals surface area contributed by atoms with Crippen molar-refractivity contribution in [2.24, 2.45) is 5.92 Å². The maximum atomic E-state index is 12.1.